The van der Waals surface area contributed by atoms with Crippen LogP contribution in [0.3, 0.4) is 0 Å². The summed E-state index contributed by atoms with van der Waals surface area (Å²) in [6.07, 6.45) is 1.24. The van der Waals surface area contributed by atoms with E-state index in [0.717, 1.165) is 6.42 Å². The first kappa shape index (κ1) is 19.7. The normalized spacial score (nSPS) is 25.9. The molecule has 2 aliphatic rings. The van der Waals surface area contributed by atoms with Crippen LogP contribution in [-0.2, 0) is 10.3 Å². The third-order valence-electron chi connectivity index (χ3n) is 5.84. The molecule has 2 fully saturated rings. The fraction of sp³-hybridized carbons (Fsp3) is 0.636. The monoisotopic (exact) mass is 369 g/mol. The zero-order valence-corrected chi connectivity index (χ0v) is 17.1. The molecule has 0 spiro atoms. The molecule has 5 nitrogen and oxygen atoms in total. The van der Waals surface area contributed by atoms with Crippen LogP contribution in [0.1, 0.15) is 53.0 Å². The Labute approximate surface area is 162 Å². The molecule has 2 aliphatic heterocycles. The number of carbonyl (C=O) groups excluding carboxylic acids is 1. The van der Waals surface area contributed by atoms with Gasteiger partial charge in [-0.05, 0) is 52.5 Å². The minimum atomic E-state index is -0.497. The molecular formula is C22H31N3O2. The highest BCUT2D eigenvalue weighted by Crippen LogP contribution is 2.44. The lowest BCUT2D eigenvalue weighted by Gasteiger charge is -2.50. The highest BCUT2D eigenvalue weighted by Gasteiger charge is 2.52. The number of rotatable bonds is 3. The predicted octanol–water partition coefficient (Wildman–Crippen LogP) is 4.15. The minimum absolute atomic E-state index is 0.152. The summed E-state index contributed by atoms with van der Waals surface area (Å²) < 4.78 is 5.61. The number of hydrogen-bond acceptors (Lipinski definition) is 4. The number of likely N-dealkylation sites (tertiary alicyclic amines) is 1. The lowest BCUT2D eigenvalue weighted by molar-refractivity contribution is -0.0314. The lowest BCUT2D eigenvalue weighted by Crippen LogP contribution is -2.61. The van der Waals surface area contributed by atoms with E-state index in [2.05, 4.69) is 49.1 Å². The average Bonchev–Trinajstić information content (AvgIpc) is 2.82. The molecule has 3 atom stereocenters. The third-order valence-corrected chi connectivity index (χ3v) is 5.84. The number of nitriles is 1. The number of ether oxygens (including phenoxy) is 1. The van der Waals surface area contributed by atoms with Crippen LogP contribution >= 0.6 is 0 Å². The van der Waals surface area contributed by atoms with Crippen LogP contribution in [0.4, 0.5) is 4.79 Å². The molecule has 5 heteroatoms. The molecule has 3 unspecified atom stereocenters. The first-order chi connectivity index (χ1) is 12.6. The first-order valence-electron chi connectivity index (χ1n) is 9.82. The Morgan fingerprint density at radius 1 is 1.19 bits per heavy atom. The third kappa shape index (κ3) is 3.96. The van der Waals surface area contributed by atoms with Crippen LogP contribution < -0.4 is 0 Å². The molecule has 2 bridgehead atoms. The number of nitrogens with zero attached hydrogens (tertiary/aromatic N) is 3. The SMILES string of the molecule is CC(C)(C)OC(=O)N1CC2CC(CC#N)C(C1)N2C(C)(C)c1ccccc1. The molecule has 0 radical (unpaired) electrons. The Morgan fingerprint density at radius 3 is 2.44 bits per heavy atom. The quantitative estimate of drug-likeness (QED) is 0.803. The summed E-state index contributed by atoms with van der Waals surface area (Å²) in [5.74, 6) is 0.287. The van der Waals surface area contributed by atoms with Crippen LogP contribution in [0.5, 0.6) is 0 Å². The maximum absolute atomic E-state index is 12.6. The zero-order valence-electron chi connectivity index (χ0n) is 17.1. The van der Waals surface area contributed by atoms with Crippen molar-refractivity contribution in [3.63, 3.8) is 0 Å². The van der Waals surface area contributed by atoms with Gasteiger partial charge < -0.3 is 9.64 Å². The van der Waals surface area contributed by atoms with Gasteiger partial charge in [0.05, 0.1) is 6.07 Å². The minimum Gasteiger partial charge on any atom is -0.444 e. The second kappa shape index (κ2) is 7.16. The van der Waals surface area contributed by atoms with Gasteiger partial charge >= 0.3 is 6.09 Å². The highest BCUT2D eigenvalue weighted by molar-refractivity contribution is 5.68. The molecule has 27 heavy (non-hydrogen) atoms. The molecule has 146 valence electrons. The second-order valence-corrected chi connectivity index (χ2v) is 9.30. The Morgan fingerprint density at radius 2 is 1.85 bits per heavy atom. The van der Waals surface area contributed by atoms with Gasteiger partial charge in [-0.15, -0.1) is 0 Å². The number of carbonyl (C=O) groups is 1. The summed E-state index contributed by atoms with van der Waals surface area (Å²) in [5.41, 5.74) is 0.618. The van der Waals surface area contributed by atoms with E-state index >= 15 is 0 Å². The molecular weight excluding hydrogens is 338 g/mol. The molecule has 0 aromatic heterocycles. The molecule has 1 aromatic carbocycles. The maximum atomic E-state index is 12.6. The Hall–Kier alpha value is -2.06. The predicted molar refractivity (Wildman–Crippen MR) is 105 cm³/mol. The standard InChI is InChI=1S/C22H31N3O2/c1-21(2,3)27-20(26)24-14-18-13-16(11-12-23)19(15-24)25(18)22(4,5)17-9-7-6-8-10-17/h6-10,16,18-19H,11,13-15H2,1-5H3. The van der Waals surface area contributed by atoms with E-state index in [1.54, 1.807) is 0 Å². The van der Waals surface area contributed by atoms with Gasteiger partial charge in [-0.3, -0.25) is 4.90 Å². The van der Waals surface area contributed by atoms with Crippen molar-refractivity contribution >= 4 is 6.09 Å². The number of hydrogen-bond donors (Lipinski definition) is 0. The van der Waals surface area contributed by atoms with Crippen LogP contribution in [-0.4, -0.2) is 46.7 Å². The van der Waals surface area contributed by atoms with E-state index in [-0.39, 0.29) is 29.6 Å². The topological polar surface area (TPSA) is 56.6 Å². The number of fused-ring (bicyclic) bond motifs is 2. The summed E-state index contributed by atoms with van der Waals surface area (Å²) in [7, 11) is 0. The van der Waals surface area contributed by atoms with Crippen LogP contribution in [0.2, 0.25) is 0 Å². The average molecular weight is 370 g/mol. The van der Waals surface area contributed by atoms with Crippen molar-refractivity contribution in [3.05, 3.63) is 35.9 Å². The molecule has 2 heterocycles. The van der Waals surface area contributed by atoms with Crippen molar-refractivity contribution in [2.75, 3.05) is 13.1 Å². The summed E-state index contributed by atoms with van der Waals surface area (Å²) in [6, 6.07) is 13.3. The van der Waals surface area contributed by atoms with Crippen molar-refractivity contribution in [3.8, 4) is 6.07 Å². The first-order valence-corrected chi connectivity index (χ1v) is 9.82. The van der Waals surface area contributed by atoms with Crippen LogP contribution in [0, 0.1) is 17.2 Å². The Bertz CT molecular complexity index is 717. The molecule has 0 saturated carbocycles. The van der Waals surface area contributed by atoms with Gasteiger partial charge in [-0.2, -0.15) is 5.26 Å². The fourth-order valence-corrected chi connectivity index (χ4v) is 4.75. The number of piperazine rings is 1. The van der Waals surface area contributed by atoms with Gasteiger partial charge in [-0.25, -0.2) is 4.79 Å². The zero-order chi connectivity index (χ0) is 19.8. The van der Waals surface area contributed by atoms with E-state index < -0.39 is 5.60 Å². The number of amides is 1. The van der Waals surface area contributed by atoms with E-state index in [1.165, 1.54) is 5.56 Å². The van der Waals surface area contributed by atoms with E-state index in [0.29, 0.717) is 19.5 Å². The van der Waals surface area contributed by atoms with Crippen molar-refractivity contribution in [1.29, 1.82) is 5.26 Å². The van der Waals surface area contributed by atoms with Gasteiger partial charge in [0.1, 0.15) is 5.60 Å². The van der Waals surface area contributed by atoms with Gasteiger partial charge in [0, 0.05) is 37.1 Å². The Balaban J connectivity index is 1.86. The van der Waals surface area contributed by atoms with Gasteiger partial charge in [0.25, 0.3) is 0 Å². The van der Waals surface area contributed by atoms with Crippen molar-refractivity contribution in [2.45, 2.75) is 70.7 Å². The van der Waals surface area contributed by atoms with Gasteiger partial charge in [-0.1, -0.05) is 30.3 Å². The molecule has 2 saturated heterocycles. The smallest absolute Gasteiger partial charge is 0.410 e. The molecule has 0 N–H and O–H groups in total. The maximum Gasteiger partial charge on any atom is 0.410 e. The summed E-state index contributed by atoms with van der Waals surface area (Å²) in [6.45, 7) is 11.5. The molecule has 3 rings (SSSR count). The summed E-state index contributed by atoms with van der Waals surface area (Å²) in [5, 5.41) is 9.31. The lowest BCUT2D eigenvalue weighted by atomic mass is 9.88. The van der Waals surface area contributed by atoms with Crippen LogP contribution in [0.25, 0.3) is 0 Å². The largest absolute Gasteiger partial charge is 0.444 e. The van der Waals surface area contributed by atoms with E-state index in [9.17, 15) is 10.1 Å². The molecule has 1 aromatic rings. The van der Waals surface area contributed by atoms with Crippen LogP contribution in [0.15, 0.2) is 30.3 Å². The fourth-order valence-electron chi connectivity index (χ4n) is 4.75. The summed E-state index contributed by atoms with van der Waals surface area (Å²) in [4.78, 5) is 17.0. The van der Waals surface area contributed by atoms with Gasteiger partial charge in [0.2, 0.25) is 0 Å². The van der Waals surface area contributed by atoms with Crippen molar-refractivity contribution in [1.82, 2.24) is 9.80 Å². The van der Waals surface area contributed by atoms with Crippen molar-refractivity contribution in [2.24, 2.45) is 5.92 Å². The molecule has 0 aliphatic carbocycles. The Kier molecular flexibility index (Phi) is 5.22. The van der Waals surface area contributed by atoms with Crippen molar-refractivity contribution < 1.29 is 9.53 Å². The summed E-state index contributed by atoms with van der Waals surface area (Å²) >= 11 is 0. The van der Waals surface area contributed by atoms with Gasteiger partial charge in [0.15, 0.2) is 0 Å². The second-order valence-electron chi connectivity index (χ2n) is 9.30. The van der Waals surface area contributed by atoms with E-state index in [1.807, 2.05) is 31.7 Å². The van der Waals surface area contributed by atoms with E-state index in [4.69, 9.17) is 4.74 Å². The highest BCUT2D eigenvalue weighted by atomic mass is 16.6. The number of benzene rings is 1. The molecule has 1 amide bonds.